The second-order valence-corrected chi connectivity index (χ2v) is 3.80. The summed E-state index contributed by atoms with van der Waals surface area (Å²) in [6.07, 6.45) is -3.28. The van der Waals surface area contributed by atoms with Crippen molar-refractivity contribution in [1.29, 1.82) is 5.26 Å². The topological polar surface area (TPSA) is 49.6 Å². The highest BCUT2D eigenvalue weighted by molar-refractivity contribution is 5.64. The zero-order valence-electron chi connectivity index (χ0n) is 9.78. The molecule has 6 heteroatoms. The van der Waals surface area contributed by atoms with Crippen LogP contribution in [-0.4, -0.2) is 9.97 Å². The molecular weight excluding hydrogens is 255 g/mol. The first kappa shape index (κ1) is 13.0. The molecule has 1 aromatic carbocycles. The van der Waals surface area contributed by atoms with Gasteiger partial charge in [0.05, 0.1) is 11.3 Å². The van der Waals surface area contributed by atoms with E-state index in [0.717, 1.165) is 18.5 Å². The number of hydrogen-bond acceptors (Lipinski definition) is 3. The number of nitriles is 1. The van der Waals surface area contributed by atoms with Crippen molar-refractivity contribution in [2.75, 3.05) is 0 Å². The fourth-order valence-corrected chi connectivity index (χ4v) is 1.61. The lowest BCUT2D eigenvalue weighted by Gasteiger charge is -2.09. The van der Waals surface area contributed by atoms with Crippen LogP contribution >= 0.6 is 0 Å². The third-order valence-corrected chi connectivity index (χ3v) is 2.57. The van der Waals surface area contributed by atoms with Crippen LogP contribution in [0.25, 0.3) is 11.3 Å². The van der Waals surface area contributed by atoms with E-state index in [1.165, 1.54) is 6.07 Å². The maximum Gasteiger partial charge on any atom is 0.416 e. The normalized spacial score (nSPS) is 11.1. The summed E-state index contributed by atoms with van der Waals surface area (Å²) in [6, 6.07) is 7.63. The summed E-state index contributed by atoms with van der Waals surface area (Å²) in [5.74, 6) is 0. The molecule has 0 spiro atoms. The van der Waals surface area contributed by atoms with E-state index in [9.17, 15) is 13.2 Å². The Morgan fingerprint density at radius 2 is 2.05 bits per heavy atom. The van der Waals surface area contributed by atoms with Crippen molar-refractivity contribution in [3.05, 3.63) is 47.4 Å². The lowest BCUT2D eigenvalue weighted by Crippen LogP contribution is -2.05. The molecule has 95 valence electrons. The molecule has 1 radical (unpaired) electrons. The van der Waals surface area contributed by atoms with Crippen molar-refractivity contribution in [3.8, 4) is 17.3 Å². The SMILES string of the molecule is Cc1c(C#N)ncnc1-c1[c]ccc(C(F)(F)F)c1. The summed E-state index contributed by atoms with van der Waals surface area (Å²) < 4.78 is 37.9. The van der Waals surface area contributed by atoms with E-state index in [1.807, 2.05) is 6.07 Å². The summed E-state index contributed by atoms with van der Waals surface area (Å²) in [7, 11) is 0. The Labute approximate surface area is 107 Å². The van der Waals surface area contributed by atoms with Gasteiger partial charge in [-0.3, -0.25) is 0 Å². The molecule has 0 atom stereocenters. The predicted molar refractivity (Wildman–Crippen MR) is 60.8 cm³/mol. The van der Waals surface area contributed by atoms with Gasteiger partial charge in [0.15, 0.2) is 0 Å². The highest BCUT2D eigenvalue weighted by Crippen LogP contribution is 2.32. The van der Waals surface area contributed by atoms with Crippen LogP contribution in [-0.2, 0) is 6.18 Å². The highest BCUT2D eigenvalue weighted by atomic mass is 19.4. The monoisotopic (exact) mass is 262 g/mol. The molecule has 0 saturated heterocycles. The van der Waals surface area contributed by atoms with Crippen LogP contribution in [0, 0.1) is 24.3 Å². The first-order valence-corrected chi connectivity index (χ1v) is 5.24. The quantitative estimate of drug-likeness (QED) is 0.793. The van der Waals surface area contributed by atoms with Gasteiger partial charge in [0.2, 0.25) is 0 Å². The standard InChI is InChI=1S/C13H7F3N3/c1-8-11(6-17)18-7-19-12(8)9-3-2-4-10(5-9)13(14,15)16/h2,4-5,7H,1H3. The Morgan fingerprint density at radius 1 is 1.32 bits per heavy atom. The number of rotatable bonds is 1. The minimum atomic E-state index is -4.43. The van der Waals surface area contributed by atoms with Crippen LogP contribution in [0.2, 0.25) is 0 Å². The molecule has 0 fully saturated rings. The first-order valence-electron chi connectivity index (χ1n) is 5.24. The lowest BCUT2D eigenvalue weighted by molar-refractivity contribution is -0.137. The van der Waals surface area contributed by atoms with Crippen LogP contribution in [0.3, 0.4) is 0 Å². The predicted octanol–water partition coefficient (Wildman–Crippen LogP) is 3.14. The van der Waals surface area contributed by atoms with Gasteiger partial charge in [-0.2, -0.15) is 18.4 Å². The van der Waals surface area contributed by atoms with E-state index in [-0.39, 0.29) is 17.0 Å². The number of aromatic nitrogens is 2. The summed E-state index contributed by atoms with van der Waals surface area (Å²) in [5, 5.41) is 8.84. The lowest BCUT2D eigenvalue weighted by atomic mass is 10.0. The van der Waals surface area contributed by atoms with Gasteiger partial charge in [-0.1, -0.05) is 6.07 Å². The minimum Gasteiger partial charge on any atom is -0.236 e. The Balaban J connectivity index is 2.58. The maximum absolute atomic E-state index is 12.6. The molecule has 19 heavy (non-hydrogen) atoms. The van der Waals surface area contributed by atoms with E-state index in [2.05, 4.69) is 16.0 Å². The third-order valence-electron chi connectivity index (χ3n) is 2.57. The van der Waals surface area contributed by atoms with Crippen molar-refractivity contribution in [1.82, 2.24) is 9.97 Å². The Bertz CT molecular complexity index is 657. The first-order chi connectivity index (χ1) is 8.93. The van der Waals surface area contributed by atoms with Gasteiger partial charge in [0, 0.05) is 11.1 Å². The van der Waals surface area contributed by atoms with Crippen molar-refractivity contribution in [2.45, 2.75) is 13.1 Å². The molecule has 1 heterocycles. The van der Waals surface area contributed by atoms with E-state index in [0.29, 0.717) is 5.56 Å². The van der Waals surface area contributed by atoms with Crippen molar-refractivity contribution in [3.63, 3.8) is 0 Å². The Morgan fingerprint density at radius 3 is 2.68 bits per heavy atom. The van der Waals surface area contributed by atoms with E-state index in [1.54, 1.807) is 6.92 Å². The van der Waals surface area contributed by atoms with Gasteiger partial charge in [-0.15, -0.1) is 0 Å². The largest absolute Gasteiger partial charge is 0.416 e. The number of hydrogen-bond donors (Lipinski definition) is 0. The molecule has 0 aliphatic heterocycles. The van der Waals surface area contributed by atoms with Gasteiger partial charge in [-0.05, 0) is 25.1 Å². The molecule has 2 aromatic rings. The second-order valence-electron chi connectivity index (χ2n) is 3.80. The molecule has 3 nitrogen and oxygen atoms in total. The highest BCUT2D eigenvalue weighted by Gasteiger charge is 2.30. The molecular formula is C13H7F3N3. The number of benzene rings is 1. The van der Waals surface area contributed by atoms with Gasteiger partial charge in [0.1, 0.15) is 18.1 Å². The maximum atomic E-state index is 12.6. The molecule has 2 rings (SSSR count). The van der Waals surface area contributed by atoms with Crippen molar-refractivity contribution < 1.29 is 13.2 Å². The smallest absolute Gasteiger partial charge is 0.236 e. The molecule has 0 saturated carbocycles. The van der Waals surface area contributed by atoms with Crippen molar-refractivity contribution in [2.24, 2.45) is 0 Å². The molecule has 0 unspecified atom stereocenters. The number of nitrogens with zero attached hydrogens (tertiary/aromatic N) is 3. The zero-order chi connectivity index (χ0) is 14.0. The average molecular weight is 262 g/mol. The summed E-state index contributed by atoms with van der Waals surface area (Å²) >= 11 is 0. The summed E-state index contributed by atoms with van der Waals surface area (Å²) in [4.78, 5) is 7.67. The molecule has 0 amide bonds. The van der Waals surface area contributed by atoms with Gasteiger partial charge < -0.3 is 0 Å². The van der Waals surface area contributed by atoms with Crippen LogP contribution in [0.15, 0.2) is 24.5 Å². The Kier molecular flexibility index (Phi) is 3.21. The minimum absolute atomic E-state index is 0.135. The van der Waals surface area contributed by atoms with Gasteiger partial charge in [-0.25, -0.2) is 9.97 Å². The van der Waals surface area contributed by atoms with E-state index in [4.69, 9.17) is 5.26 Å². The molecule has 0 aliphatic carbocycles. The molecule has 0 bridgehead atoms. The van der Waals surface area contributed by atoms with Gasteiger partial charge in [0.25, 0.3) is 0 Å². The van der Waals surface area contributed by atoms with E-state index >= 15 is 0 Å². The second kappa shape index (κ2) is 4.69. The fourth-order valence-electron chi connectivity index (χ4n) is 1.61. The third kappa shape index (κ3) is 2.55. The van der Waals surface area contributed by atoms with E-state index < -0.39 is 11.7 Å². The summed E-state index contributed by atoms with van der Waals surface area (Å²) in [5.41, 5.74) is 0.248. The molecule has 0 N–H and O–H groups in total. The van der Waals surface area contributed by atoms with Crippen LogP contribution in [0.1, 0.15) is 16.8 Å². The van der Waals surface area contributed by atoms with Gasteiger partial charge >= 0.3 is 6.18 Å². The fraction of sp³-hybridized carbons (Fsp3) is 0.154. The molecule has 0 aliphatic rings. The summed E-state index contributed by atoms with van der Waals surface area (Å²) in [6.45, 7) is 1.59. The Hall–Kier alpha value is -2.42. The zero-order valence-corrected chi connectivity index (χ0v) is 9.78. The molecule has 1 aromatic heterocycles. The van der Waals surface area contributed by atoms with Crippen LogP contribution in [0.5, 0.6) is 0 Å². The van der Waals surface area contributed by atoms with Crippen LogP contribution < -0.4 is 0 Å². The average Bonchev–Trinajstić information content (AvgIpc) is 2.38. The van der Waals surface area contributed by atoms with Crippen molar-refractivity contribution >= 4 is 0 Å². The van der Waals surface area contributed by atoms with Crippen LogP contribution in [0.4, 0.5) is 13.2 Å². The number of halogens is 3. The number of alkyl halides is 3.